The van der Waals surface area contributed by atoms with Crippen molar-refractivity contribution >= 4 is 6.29 Å². The van der Waals surface area contributed by atoms with E-state index in [1.165, 1.54) is 0 Å². The molecule has 1 aliphatic heterocycles. The van der Waals surface area contributed by atoms with Gasteiger partial charge in [0, 0.05) is 18.0 Å². The molecule has 1 saturated heterocycles. The van der Waals surface area contributed by atoms with Crippen LogP contribution in [0.1, 0.15) is 34.9 Å². The molecule has 2 nitrogen and oxygen atoms in total. The van der Waals surface area contributed by atoms with Crippen LogP contribution in [0.2, 0.25) is 0 Å². The van der Waals surface area contributed by atoms with Crippen LogP contribution in [0.4, 0.5) is 4.39 Å². The predicted molar refractivity (Wildman–Crippen MR) is 61.3 cm³/mol. The lowest BCUT2D eigenvalue weighted by Crippen LogP contribution is -2.32. The second kappa shape index (κ2) is 5.21. The lowest BCUT2D eigenvalue weighted by Gasteiger charge is -2.26. The molecule has 1 aromatic carbocycles. The molecular weight excluding hydrogens is 205 g/mol. The third-order valence-electron chi connectivity index (χ3n) is 3.14. The Labute approximate surface area is 94.9 Å². The van der Waals surface area contributed by atoms with E-state index >= 15 is 0 Å². The summed E-state index contributed by atoms with van der Waals surface area (Å²) in [5.41, 5.74) is 1.28. The van der Waals surface area contributed by atoms with Crippen LogP contribution >= 0.6 is 0 Å². The second-order valence-corrected chi connectivity index (χ2v) is 4.29. The third-order valence-corrected chi connectivity index (χ3v) is 3.14. The van der Waals surface area contributed by atoms with Crippen LogP contribution in [-0.2, 0) is 0 Å². The summed E-state index contributed by atoms with van der Waals surface area (Å²) in [5.74, 6) is 0.0656. The third kappa shape index (κ3) is 2.47. The lowest BCUT2D eigenvalue weighted by molar-refractivity contribution is 0.112. The Morgan fingerprint density at radius 1 is 1.38 bits per heavy atom. The van der Waals surface area contributed by atoms with E-state index < -0.39 is 6.17 Å². The molecule has 1 N–H and O–H groups in total. The average Bonchev–Trinajstić information content (AvgIpc) is 2.39. The van der Waals surface area contributed by atoms with Crippen LogP contribution < -0.4 is 5.32 Å². The van der Waals surface area contributed by atoms with Gasteiger partial charge in [0.25, 0.3) is 0 Å². The van der Waals surface area contributed by atoms with Gasteiger partial charge in [-0.2, -0.15) is 0 Å². The molecule has 1 aliphatic rings. The number of halogens is 1. The van der Waals surface area contributed by atoms with Gasteiger partial charge in [-0.3, -0.25) is 4.79 Å². The van der Waals surface area contributed by atoms with Gasteiger partial charge in [-0.05, 0) is 24.9 Å². The van der Waals surface area contributed by atoms with Crippen LogP contribution in [0.3, 0.4) is 0 Å². The minimum Gasteiger partial charge on any atom is -0.316 e. The first-order valence-electron chi connectivity index (χ1n) is 5.71. The maximum absolute atomic E-state index is 14.1. The van der Waals surface area contributed by atoms with Gasteiger partial charge in [-0.25, -0.2) is 4.39 Å². The summed E-state index contributed by atoms with van der Waals surface area (Å²) in [6, 6.07) is 6.77. The SMILES string of the molecule is O=Cc1ccc(C(F)C2CCCNC2)cc1. The van der Waals surface area contributed by atoms with E-state index in [-0.39, 0.29) is 5.92 Å². The number of nitrogens with one attached hydrogen (secondary N) is 1. The fourth-order valence-electron chi connectivity index (χ4n) is 2.16. The zero-order chi connectivity index (χ0) is 11.4. The quantitative estimate of drug-likeness (QED) is 0.794. The number of benzene rings is 1. The van der Waals surface area contributed by atoms with Gasteiger partial charge in [-0.1, -0.05) is 24.3 Å². The van der Waals surface area contributed by atoms with Crippen LogP contribution in [0.5, 0.6) is 0 Å². The molecule has 0 aromatic heterocycles. The van der Waals surface area contributed by atoms with Crippen molar-refractivity contribution in [3.8, 4) is 0 Å². The minimum atomic E-state index is -0.923. The van der Waals surface area contributed by atoms with E-state index in [0.29, 0.717) is 11.1 Å². The number of rotatable bonds is 3. The summed E-state index contributed by atoms with van der Waals surface area (Å²) in [4.78, 5) is 10.5. The van der Waals surface area contributed by atoms with Crippen molar-refractivity contribution in [2.45, 2.75) is 19.0 Å². The molecule has 0 bridgehead atoms. The van der Waals surface area contributed by atoms with Crippen molar-refractivity contribution in [3.05, 3.63) is 35.4 Å². The molecule has 0 saturated carbocycles. The highest BCUT2D eigenvalue weighted by Crippen LogP contribution is 2.30. The first kappa shape index (κ1) is 11.3. The summed E-state index contributed by atoms with van der Waals surface area (Å²) < 4.78 is 14.1. The molecule has 86 valence electrons. The Morgan fingerprint density at radius 3 is 2.69 bits per heavy atom. The summed E-state index contributed by atoms with van der Waals surface area (Å²) in [6.45, 7) is 1.74. The van der Waals surface area contributed by atoms with Crippen molar-refractivity contribution in [1.82, 2.24) is 5.32 Å². The van der Waals surface area contributed by atoms with Crippen molar-refractivity contribution < 1.29 is 9.18 Å². The van der Waals surface area contributed by atoms with E-state index in [1.807, 2.05) is 0 Å². The Bertz CT molecular complexity index is 343. The van der Waals surface area contributed by atoms with E-state index in [1.54, 1.807) is 24.3 Å². The molecule has 0 spiro atoms. The van der Waals surface area contributed by atoms with Gasteiger partial charge >= 0.3 is 0 Å². The first-order chi connectivity index (χ1) is 7.81. The predicted octanol–water partition coefficient (Wildman–Crippen LogP) is 2.51. The zero-order valence-electron chi connectivity index (χ0n) is 9.16. The maximum atomic E-state index is 14.1. The molecule has 0 aliphatic carbocycles. The molecular formula is C13H16FNO. The molecule has 1 fully saturated rings. The Balaban J connectivity index is 2.06. The van der Waals surface area contributed by atoms with Crippen molar-refractivity contribution in [3.63, 3.8) is 0 Å². The Morgan fingerprint density at radius 2 is 2.12 bits per heavy atom. The number of piperidine rings is 1. The number of hydrogen-bond donors (Lipinski definition) is 1. The summed E-state index contributed by atoms with van der Waals surface area (Å²) in [6.07, 6.45) is 1.83. The standard InChI is InChI=1S/C13H16FNO/c14-13(12-2-1-7-15-8-12)11-5-3-10(9-16)4-6-11/h3-6,9,12-13,15H,1-2,7-8H2. The van der Waals surface area contributed by atoms with Crippen molar-refractivity contribution in [2.75, 3.05) is 13.1 Å². The highest BCUT2D eigenvalue weighted by atomic mass is 19.1. The molecule has 2 unspecified atom stereocenters. The molecule has 3 heteroatoms. The highest BCUT2D eigenvalue weighted by Gasteiger charge is 2.24. The Kier molecular flexibility index (Phi) is 3.67. The van der Waals surface area contributed by atoms with E-state index in [4.69, 9.17) is 0 Å². The fourth-order valence-corrected chi connectivity index (χ4v) is 2.16. The van der Waals surface area contributed by atoms with E-state index in [9.17, 15) is 9.18 Å². The van der Waals surface area contributed by atoms with Gasteiger partial charge < -0.3 is 5.32 Å². The van der Waals surface area contributed by atoms with Gasteiger partial charge in [-0.15, -0.1) is 0 Å². The van der Waals surface area contributed by atoms with Crippen LogP contribution in [0, 0.1) is 5.92 Å². The number of alkyl halides is 1. The number of carbonyl (C=O) groups is 1. The number of carbonyl (C=O) groups excluding carboxylic acids is 1. The molecule has 0 radical (unpaired) electrons. The van der Waals surface area contributed by atoms with E-state index in [2.05, 4.69) is 5.32 Å². The molecule has 16 heavy (non-hydrogen) atoms. The van der Waals surface area contributed by atoms with Gasteiger partial charge in [0.05, 0.1) is 0 Å². The molecule has 1 heterocycles. The minimum absolute atomic E-state index is 0.0656. The lowest BCUT2D eigenvalue weighted by atomic mass is 9.90. The van der Waals surface area contributed by atoms with Crippen molar-refractivity contribution in [2.24, 2.45) is 5.92 Å². The van der Waals surface area contributed by atoms with Crippen molar-refractivity contribution in [1.29, 1.82) is 0 Å². The van der Waals surface area contributed by atoms with Crippen LogP contribution in [-0.4, -0.2) is 19.4 Å². The average molecular weight is 221 g/mol. The molecule has 1 aromatic rings. The largest absolute Gasteiger partial charge is 0.316 e. The Hall–Kier alpha value is -1.22. The highest BCUT2D eigenvalue weighted by molar-refractivity contribution is 5.74. The smallest absolute Gasteiger partial charge is 0.150 e. The number of aldehydes is 1. The summed E-state index contributed by atoms with van der Waals surface area (Å²) in [5, 5.41) is 3.21. The zero-order valence-corrected chi connectivity index (χ0v) is 9.16. The topological polar surface area (TPSA) is 29.1 Å². The van der Waals surface area contributed by atoms with Gasteiger partial charge in [0.1, 0.15) is 12.5 Å². The van der Waals surface area contributed by atoms with Gasteiger partial charge in [0.2, 0.25) is 0 Å². The first-order valence-corrected chi connectivity index (χ1v) is 5.71. The summed E-state index contributed by atoms with van der Waals surface area (Å²) >= 11 is 0. The van der Waals surface area contributed by atoms with E-state index in [0.717, 1.165) is 32.2 Å². The number of hydrogen-bond acceptors (Lipinski definition) is 2. The molecule has 2 rings (SSSR count). The second-order valence-electron chi connectivity index (χ2n) is 4.29. The van der Waals surface area contributed by atoms with Crippen LogP contribution in [0.25, 0.3) is 0 Å². The maximum Gasteiger partial charge on any atom is 0.150 e. The van der Waals surface area contributed by atoms with Gasteiger partial charge in [0.15, 0.2) is 0 Å². The fraction of sp³-hybridized carbons (Fsp3) is 0.462. The van der Waals surface area contributed by atoms with Crippen LogP contribution in [0.15, 0.2) is 24.3 Å². The molecule has 0 amide bonds. The molecule has 2 atom stereocenters. The monoisotopic (exact) mass is 221 g/mol. The summed E-state index contributed by atoms with van der Waals surface area (Å²) in [7, 11) is 0. The normalized spacial score (nSPS) is 22.7.